The first-order valence-corrected chi connectivity index (χ1v) is 4.28. The van der Waals surface area contributed by atoms with Gasteiger partial charge >= 0.3 is 18.1 Å². The zero-order chi connectivity index (χ0) is 11.6. The molecule has 0 aliphatic rings. The molecule has 1 aromatic carbocycles. The van der Waals surface area contributed by atoms with E-state index in [1.165, 1.54) is 0 Å². The lowest BCUT2D eigenvalue weighted by Crippen LogP contribution is -2.04. The van der Waals surface area contributed by atoms with Gasteiger partial charge in [0.1, 0.15) is 0 Å². The van der Waals surface area contributed by atoms with Gasteiger partial charge in [-0.1, -0.05) is 23.3 Å². The summed E-state index contributed by atoms with van der Waals surface area (Å²) in [5.74, 6) is -1.37. The van der Waals surface area contributed by atoms with Crippen LogP contribution in [-0.4, -0.2) is 10.2 Å². The number of anilines is 2. The van der Waals surface area contributed by atoms with Gasteiger partial charge in [-0.2, -0.15) is 13.2 Å². The van der Waals surface area contributed by atoms with E-state index in [4.69, 9.17) is 0 Å². The number of hydrogen-bond donors (Lipinski definition) is 1. The van der Waals surface area contributed by atoms with Crippen molar-refractivity contribution in [2.24, 2.45) is 0 Å². The van der Waals surface area contributed by atoms with Gasteiger partial charge < -0.3 is 9.73 Å². The van der Waals surface area contributed by atoms with E-state index in [9.17, 15) is 13.2 Å². The Balaban J connectivity index is 0.00000144. The minimum Gasteiger partial charge on any atom is -0.399 e. The van der Waals surface area contributed by atoms with Crippen LogP contribution in [0.3, 0.4) is 0 Å². The number of hydrogen-bond acceptors (Lipinski definition) is 4. The van der Waals surface area contributed by atoms with E-state index in [1.807, 2.05) is 0 Å². The second kappa shape index (κ2) is 5.05. The zero-order valence-corrected chi connectivity index (χ0v) is 9.05. The van der Waals surface area contributed by atoms with E-state index in [0.29, 0.717) is 5.69 Å². The lowest BCUT2D eigenvalue weighted by molar-refractivity contribution is -0.156. The molecule has 1 aromatic heterocycles. The van der Waals surface area contributed by atoms with Gasteiger partial charge in [-0.05, 0) is 12.1 Å². The first kappa shape index (κ1) is 13.3. The Labute approximate surface area is 100 Å². The predicted molar refractivity (Wildman–Crippen MR) is 56.3 cm³/mol. The van der Waals surface area contributed by atoms with Gasteiger partial charge in [0, 0.05) is 5.69 Å². The summed E-state index contributed by atoms with van der Waals surface area (Å²) in [7, 11) is 0. The molecular weight excluding hydrogens is 259 g/mol. The van der Waals surface area contributed by atoms with E-state index in [-0.39, 0.29) is 18.4 Å². The van der Waals surface area contributed by atoms with Gasteiger partial charge in [0.15, 0.2) is 0 Å². The van der Waals surface area contributed by atoms with Crippen molar-refractivity contribution < 1.29 is 17.6 Å². The molecule has 8 heteroatoms. The molecule has 0 aliphatic heterocycles. The maximum Gasteiger partial charge on any atom is 0.470 e. The van der Waals surface area contributed by atoms with E-state index in [0.717, 1.165) is 0 Å². The molecule has 0 spiro atoms. The van der Waals surface area contributed by atoms with Crippen molar-refractivity contribution >= 4 is 24.1 Å². The van der Waals surface area contributed by atoms with E-state index < -0.39 is 12.1 Å². The fraction of sp³-hybridized carbons (Fsp3) is 0.111. The van der Waals surface area contributed by atoms with Crippen molar-refractivity contribution in [1.29, 1.82) is 0 Å². The molecule has 2 rings (SSSR count). The van der Waals surface area contributed by atoms with Gasteiger partial charge in [-0.15, -0.1) is 17.5 Å². The molecule has 0 fully saturated rings. The third kappa shape index (κ3) is 3.35. The Kier molecular flexibility index (Phi) is 3.95. The average molecular weight is 266 g/mol. The van der Waals surface area contributed by atoms with Crippen LogP contribution >= 0.6 is 12.4 Å². The van der Waals surface area contributed by atoms with Crippen molar-refractivity contribution in [3.8, 4) is 0 Å². The van der Waals surface area contributed by atoms with Gasteiger partial charge in [0.05, 0.1) is 0 Å². The quantitative estimate of drug-likeness (QED) is 0.905. The van der Waals surface area contributed by atoms with Gasteiger partial charge in [0.25, 0.3) is 0 Å². The predicted octanol–water partition coefficient (Wildman–Crippen LogP) is 3.25. The lowest BCUT2D eigenvalue weighted by Gasteiger charge is -2.00. The summed E-state index contributed by atoms with van der Waals surface area (Å²) in [5.41, 5.74) is 0.569. The summed E-state index contributed by atoms with van der Waals surface area (Å²) in [5, 5.41) is 8.67. The normalized spacial score (nSPS) is 10.8. The van der Waals surface area contributed by atoms with Crippen molar-refractivity contribution in [2.45, 2.75) is 6.18 Å². The fourth-order valence-corrected chi connectivity index (χ4v) is 1.03. The van der Waals surface area contributed by atoms with E-state index >= 15 is 0 Å². The number of nitrogens with zero attached hydrogens (tertiary/aromatic N) is 2. The number of para-hydroxylation sites is 1. The van der Waals surface area contributed by atoms with Crippen LogP contribution in [0.2, 0.25) is 0 Å². The number of benzene rings is 1. The Hall–Kier alpha value is -1.76. The zero-order valence-electron chi connectivity index (χ0n) is 8.23. The van der Waals surface area contributed by atoms with Crippen LogP contribution in [0.4, 0.5) is 24.9 Å². The third-order valence-electron chi connectivity index (χ3n) is 1.69. The van der Waals surface area contributed by atoms with Gasteiger partial charge in [-0.3, -0.25) is 0 Å². The van der Waals surface area contributed by atoms with Gasteiger partial charge in [0.2, 0.25) is 0 Å². The van der Waals surface area contributed by atoms with E-state index in [2.05, 4.69) is 19.9 Å². The van der Waals surface area contributed by atoms with Crippen molar-refractivity contribution in [1.82, 2.24) is 10.2 Å². The topological polar surface area (TPSA) is 51.0 Å². The van der Waals surface area contributed by atoms with Crippen molar-refractivity contribution in [3.63, 3.8) is 0 Å². The van der Waals surface area contributed by atoms with Gasteiger partial charge in [-0.25, -0.2) is 0 Å². The molecule has 4 nitrogen and oxygen atoms in total. The standard InChI is InChI=1S/C9H6F3N3O.ClH/c10-9(11,12)7-14-15-8(16-7)13-6-4-2-1-3-5-6;/h1-5H,(H,13,15);1H. The second-order valence-electron chi connectivity index (χ2n) is 2.90. The highest BCUT2D eigenvalue weighted by molar-refractivity contribution is 5.85. The number of alkyl halides is 3. The molecule has 0 unspecified atom stereocenters. The molecule has 1 heterocycles. The average Bonchev–Trinajstić information content (AvgIpc) is 2.67. The summed E-state index contributed by atoms with van der Waals surface area (Å²) in [6.45, 7) is 0. The van der Waals surface area contributed by atoms with Crippen LogP contribution < -0.4 is 5.32 Å². The maximum absolute atomic E-state index is 12.1. The summed E-state index contributed by atoms with van der Waals surface area (Å²) in [6.07, 6.45) is -4.62. The molecule has 0 radical (unpaired) electrons. The highest BCUT2D eigenvalue weighted by Crippen LogP contribution is 2.29. The van der Waals surface area contributed by atoms with Crippen molar-refractivity contribution in [3.05, 3.63) is 36.2 Å². The second-order valence-corrected chi connectivity index (χ2v) is 2.90. The Morgan fingerprint density at radius 3 is 2.24 bits per heavy atom. The molecule has 0 saturated carbocycles. The summed E-state index contributed by atoms with van der Waals surface area (Å²) in [6, 6.07) is 8.26. The third-order valence-corrected chi connectivity index (χ3v) is 1.69. The molecule has 0 bridgehead atoms. The molecule has 0 saturated heterocycles. The molecule has 0 atom stereocenters. The largest absolute Gasteiger partial charge is 0.470 e. The molecule has 17 heavy (non-hydrogen) atoms. The summed E-state index contributed by atoms with van der Waals surface area (Å²) in [4.78, 5) is 0. The minimum absolute atomic E-state index is 0. The van der Waals surface area contributed by atoms with Crippen LogP contribution in [0, 0.1) is 0 Å². The van der Waals surface area contributed by atoms with Crippen LogP contribution in [-0.2, 0) is 6.18 Å². The highest BCUT2D eigenvalue weighted by atomic mass is 35.5. The van der Waals surface area contributed by atoms with Crippen LogP contribution in [0.15, 0.2) is 34.7 Å². The molecule has 92 valence electrons. The smallest absolute Gasteiger partial charge is 0.399 e. The molecule has 0 amide bonds. The Morgan fingerprint density at radius 1 is 1.06 bits per heavy atom. The van der Waals surface area contributed by atoms with Crippen molar-refractivity contribution in [2.75, 3.05) is 5.32 Å². The van der Waals surface area contributed by atoms with Crippen LogP contribution in [0.1, 0.15) is 5.89 Å². The number of aromatic nitrogens is 2. The number of halogens is 4. The van der Waals surface area contributed by atoms with Crippen LogP contribution in [0.25, 0.3) is 0 Å². The SMILES string of the molecule is Cl.FC(F)(F)c1nnc(Nc2ccccc2)o1. The molecule has 0 aliphatic carbocycles. The highest BCUT2D eigenvalue weighted by Gasteiger charge is 2.38. The summed E-state index contributed by atoms with van der Waals surface area (Å²) < 4.78 is 40.7. The lowest BCUT2D eigenvalue weighted by atomic mass is 10.3. The van der Waals surface area contributed by atoms with E-state index in [1.54, 1.807) is 30.3 Å². The molecule has 2 aromatic rings. The molecular formula is C9H7ClF3N3O. The summed E-state index contributed by atoms with van der Waals surface area (Å²) >= 11 is 0. The Bertz CT molecular complexity index is 472. The first-order chi connectivity index (χ1) is 7.55. The fourth-order valence-electron chi connectivity index (χ4n) is 1.03. The molecule has 1 N–H and O–H groups in total. The van der Waals surface area contributed by atoms with Crippen LogP contribution in [0.5, 0.6) is 0 Å². The number of nitrogens with one attached hydrogen (secondary N) is 1. The maximum atomic E-state index is 12.1. The first-order valence-electron chi connectivity index (χ1n) is 4.28. The Morgan fingerprint density at radius 2 is 1.71 bits per heavy atom. The number of rotatable bonds is 2. The minimum atomic E-state index is -4.62. The monoisotopic (exact) mass is 265 g/mol.